The standard InChI is InChI=1S/C13H13BrClNO2/c14-5-3-12(17)13(18)8-1-2-11-9(7-8)10(15)4-6-16-11/h1-2,4,6-7,12-13,17-18H,3,5H2. The molecule has 1 heterocycles. The number of rotatable bonds is 4. The van der Waals surface area contributed by atoms with Gasteiger partial charge in [-0.05, 0) is 30.2 Å². The van der Waals surface area contributed by atoms with Crippen LogP contribution in [0.2, 0.25) is 5.02 Å². The van der Waals surface area contributed by atoms with Gasteiger partial charge in [-0.25, -0.2) is 0 Å². The normalized spacial score (nSPS) is 14.7. The zero-order valence-electron chi connectivity index (χ0n) is 9.55. The number of aliphatic hydroxyl groups is 2. The van der Waals surface area contributed by atoms with E-state index in [0.29, 0.717) is 22.3 Å². The fourth-order valence-electron chi connectivity index (χ4n) is 1.81. The molecule has 0 radical (unpaired) electrons. The SMILES string of the molecule is OC(CCBr)C(O)c1ccc2nccc(Cl)c2c1. The molecule has 0 saturated heterocycles. The van der Waals surface area contributed by atoms with Crippen LogP contribution >= 0.6 is 27.5 Å². The largest absolute Gasteiger partial charge is 0.390 e. The van der Waals surface area contributed by atoms with E-state index in [0.717, 1.165) is 10.9 Å². The number of nitrogens with zero attached hydrogens (tertiary/aromatic N) is 1. The first kappa shape index (κ1) is 13.7. The van der Waals surface area contributed by atoms with Gasteiger partial charge in [0.1, 0.15) is 6.10 Å². The third-order valence-electron chi connectivity index (χ3n) is 2.82. The summed E-state index contributed by atoms with van der Waals surface area (Å²) in [5, 5.41) is 21.8. The summed E-state index contributed by atoms with van der Waals surface area (Å²) in [5.74, 6) is 0. The summed E-state index contributed by atoms with van der Waals surface area (Å²) in [7, 11) is 0. The van der Waals surface area contributed by atoms with Crippen molar-refractivity contribution in [3.05, 3.63) is 41.0 Å². The van der Waals surface area contributed by atoms with Gasteiger partial charge in [-0.2, -0.15) is 0 Å². The molecule has 2 N–H and O–H groups in total. The maximum absolute atomic E-state index is 10.0. The third kappa shape index (κ3) is 2.83. The van der Waals surface area contributed by atoms with Crippen LogP contribution in [0.25, 0.3) is 10.9 Å². The van der Waals surface area contributed by atoms with Gasteiger partial charge >= 0.3 is 0 Å². The van der Waals surface area contributed by atoms with Gasteiger partial charge in [0.15, 0.2) is 0 Å². The quantitative estimate of drug-likeness (QED) is 0.847. The van der Waals surface area contributed by atoms with Crippen molar-refractivity contribution in [2.45, 2.75) is 18.6 Å². The van der Waals surface area contributed by atoms with Crippen LogP contribution < -0.4 is 0 Å². The molecular weight excluding hydrogens is 318 g/mol. The molecule has 1 aromatic carbocycles. The molecule has 0 amide bonds. The lowest BCUT2D eigenvalue weighted by Gasteiger charge is -2.17. The van der Waals surface area contributed by atoms with E-state index in [9.17, 15) is 10.2 Å². The van der Waals surface area contributed by atoms with E-state index in [-0.39, 0.29) is 0 Å². The van der Waals surface area contributed by atoms with Gasteiger partial charge in [-0.1, -0.05) is 33.6 Å². The van der Waals surface area contributed by atoms with Crippen molar-refractivity contribution < 1.29 is 10.2 Å². The number of aliphatic hydroxyl groups excluding tert-OH is 2. The van der Waals surface area contributed by atoms with Crippen LogP contribution in [0.5, 0.6) is 0 Å². The number of alkyl halides is 1. The fourth-order valence-corrected chi connectivity index (χ4v) is 2.48. The lowest BCUT2D eigenvalue weighted by atomic mass is 10.0. The molecular formula is C13H13BrClNO2. The molecule has 2 atom stereocenters. The van der Waals surface area contributed by atoms with E-state index < -0.39 is 12.2 Å². The minimum atomic E-state index is -0.914. The number of benzene rings is 1. The predicted octanol–water partition coefficient (Wildman–Crippen LogP) is 3.07. The van der Waals surface area contributed by atoms with Crippen molar-refractivity contribution in [1.29, 1.82) is 0 Å². The molecule has 1 aromatic heterocycles. The monoisotopic (exact) mass is 329 g/mol. The Hall–Kier alpha value is -0.680. The van der Waals surface area contributed by atoms with Crippen LogP contribution in [0, 0.1) is 0 Å². The topological polar surface area (TPSA) is 53.4 Å². The number of aromatic nitrogens is 1. The zero-order chi connectivity index (χ0) is 13.1. The highest BCUT2D eigenvalue weighted by Gasteiger charge is 2.18. The van der Waals surface area contributed by atoms with Gasteiger partial charge in [0.05, 0.1) is 16.6 Å². The molecule has 3 nitrogen and oxygen atoms in total. The molecule has 5 heteroatoms. The van der Waals surface area contributed by atoms with Crippen LogP contribution in [0.1, 0.15) is 18.1 Å². The van der Waals surface area contributed by atoms with Crippen molar-refractivity contribution in [3.63, 3.8) is 0 Å². The van der Waals surface area contributed by atoms with E-state index in [2.05, 4.69) is 20.9 Å². The van der Waals surface area contributed by atoms with Crippen LogP contribution in [0.3, 0.4) is 0 Å². The molecule has 96 valence electrons. The molecule has 0 bridgehead atoms. The molecule has 2 rings (SSSR count). The second-order valence-electron chi connectivity index (χ2n) is 4.06. The number of halogens is 2. The van der Waals surface area contributed by atoms with E-state index in [4.69, 9.17) is 11.6 Å². The van der Waals surface area contributed by atoms with Gasteiger partial charge in [0.2, 0.25) is 0 Å². The Kier molecular flexibility index (Phi) is 4.56. The van der Waals surface area contributed by atoms with Crippen molar-refractivity contribution in [1.82, 2.24) is 4.98 Å². The first-order valence-electron chi connectivity index (χ1n) is 5.59. The maximum atomic E-state index is 10.0. The fraction of sp³-hybridized carbons (Fsp3) is 0.308. The van der Waals surface area contributed by atoms with Crippen LogP contribution in [0.4, 0.5) is 0 Å². The molecule has 0 aliphatic rings. The molecule has 2 unspecified atom stereocenters. The lowest BCUT2D eigenvalue weighted by molar-refractivity contribution is 0.0174. The van der Waals surface area contributed by atoms with Crippen molar-refractivity contribution in [2.75, 3.05) is 5.33 Å². The van der Waals surface area contributed by atoms with Gasteiger partial charge in [-0.15, -0.1) is 0 Å². The zero-order valence-corrected chi connectivity index (χ0v) is 11.9. The summed E-state index contributed by atoms with van der Waals surface area (Å²) >= 11 is 9.32. The summed E-state index contributed by atoms with van der Waals surface area (Å²) in [6.07, 6.45) is 0.418. The highest BCUT2D eigenvalue weighted by molar-refractivity contribution is 9.09. The second kappa shape index (κ2) is 5.97. The Labute approximate surface area is 119 Å². The maximum Gasteiger partial charge on any atom is 0.105 e. The average molecular weight is 331 g/mol. The van der Waals surface area contributed by atoms with Crippen LogP contribution in [-0.4, -0.2) is 26.6 Å². The molecule has 18 heavy (non-hydrogen) atoms. The number of hydrogen-bond acceptors (Lipinski definition) is 3. The van der Waals surface area contributed by atoms with Crippen LogP contribution in [-0.2, 0) is 0 Å². The average Bonchev–Trinajstić information content (AvgIpc) is 2.38. The Bertz CT molecular complexity index is 550. The van der Waals surface area contributed by atoms with Crippen molar-refractivity contribution in [3.8, 4) is 0 Å². The molecule has 0 fully saturated rings. The third-order valence-corrected chi connectivity index (χ3v) is 3.61. The molecule has 0 aliphatic carbocycles. The van der Waals surface area contributed by atoms with Crippen molar-refractivity contribution >= 4 is 38.4 Å². The summed E-state index contributed by atoms with van der Waals surface area (Å²) < 4.78 is 0. The molecule has 0 spiro atoms. The van der Waals surface area contributed by atoms with Crippen LogP contribution in [0.15, 0.2) is 30.5 Å². The first-order chi connectivity index (χ1) is 8.63. The lowest BCUT2D eigenvalue weighted by Crippen LogP contribution is -2.18. The highest BCUT2D eigenvalue weighted by Crippen LogP contribution is 2.27. The van der Waals surface area contributed by atoms with Gasteiger partial charge in [-0.3, -0.25) is 4.98 Å². The smallest absolute Gasteiger partial charge is 0.105 e. The van der Waals surface area contributed by atoms with E-state index in [1.165, 1.54) is 0 Å². The number of pyridine rings is 1. The van der Waals surface area contributed by atoms with Gasteiger partial charge in [0, 0.05) is 16.9 Å². The summed E-state index contributed by atoms with van der Waals surface area (Å²) in [4.78, 5) is 4.19. The molecule has 0 saturated carbocycles. The predicted molar refractivity (Wildman–Crippen MR) is 76.1 cm³/mol. The minimum Gasteiger partial charge on any atom is -0.390 e. The summed E-state index contributed by atoms with van der Waals surface area (Å²) in [5.41, 5.74) is 1.42. The van der Waals surface area contributed by atoms with E-state index >= 15 is 0 Å². The van der Waals surface area contributed by atoms with Crippen molar-refractivity contribution in [2.24, 2.45) is 0 Å². The second-order valence-corrected chi connectivity index (χ2v) is 5.26. The summed E-state index contributed by atoms with van der Waals surface area (Å²) in [6.45, 7) is 0. The first-order valence-corrected chi connectivity index (χ1v) is 7.09. The van der Waals surface area contributed by atoms with E-state index in [1.807, 2.05) is 0 Å². The molecule has 2 aromatic rings. The summed E-state index contributed by atoms with van der Waals surface area (Å²) in [6, 6.07) is 7.02. The Morgan fingerprint density at radius 3 is 2.78 bits per heavy atom. The van der Waals surface area contributed by atoms with Gasteiger partial charge in [0.25, 0.3) is 0 Å². The number of hydrogen-bond donors (Lipinski definition) is 2. The number of fused-ring (bicyclic) bond motifs is 1. The Morgan fingerprint density at radius 1 is 1.28 bits per heavy atom. The van der Waals surface area contributed by atoms with E-state index in [1.54, 1.807) is 30.5 Å². The minimum absolute atomic E-state index is 0.486. The molecule has 0 aliphatic heterocycles. The highest BCUT2D eigenvalue weighted by atomic mass is 79.9. The Morgan fingerprint density at radius 2 is 2.06 bits per heavy atom. The Balaban J connectivity index is 2.37. The van der Waals surface area contributed by atoms with Gasteiger partial charge < -0.3 is 10.2 Å².